The maximum Gasteiger partial charge on any atom is 0.256 e. The molecule has 1 aliphatic heterocycles. The van der Waals surface area contributed by atoms with Crippen LogP contribution in [0.15, 0.2) is 36.5 Å². The summed E-state index contributed by atoms with van der Waals surface area (Å²) in [6.45, 7) is 0.180. The molecule has 3 rings (SSSR count). The van der Waals surface area contributed by atoms with Crippen LogP contribution in [-0.4, -0.2) is 17.7 Å². The normalized spacial score (nSPS) is 12.3. The van der Waals surface area contributed by atoms with Crippen LogP contribution in [-0.2, 0) is 0 Å². The lowest BCUT2D eigenvalue weighted by atomic mass is 10.2. The second kappa shape index (κ2) is 4.78. The largest absolute Gasteiger partial charge is 0.454 e. The Bertz CT molecular complexity index is 628. The minimum Gasteiger partial charge on any atom is -0.454 e. The summed E-state index contributed by atoms with van der Waals surface area (Å²) in [7, 11) is 0. The van der Waals surface area contributed by atoms with Crippen molar-refractivity contribution in [2.75, 3.05) is 12.1 Å². The van der Waals surface area contributed by atoms with Crippen LogP contribution in [0.4, 0.5) is 5.82 Å². The summed E-state index contributed by atoms with van der Waals surface area (Å²) in [4.78, 5) is 16.0. The lowest BCUT2D eigenvalue weighted by Crippen LogP contribution is -2.12. The average Bonchev–Trinajstić information content (AvgIpc) is 2.88. The van der Waals surface area contributed by atoms with E-state index in [4.69, 9.17) is 21.1 Å². The van der Waals surface area contributed by atoms with Crippen molar-refractivity contribution in [3.05, 3.63) is 47.1 Å². The highest BCUT2D eigenvalue weighted by molar-refractivity contribution is 6.30. The van der Waals surface area contributed by atoms with Gasteiger partial charge >= 0.3 is 0 Å². The van der Waals surface area contributed by atoms with Crippen LogP contribution < -0.4 is 14.8 Å². The van der Waals surface area contributed by atoms with Crippen molar-refractivity contribution in [3.8, 4) is 11.5 Å². The first-order chi connectivity index (χ1) is 9.22. The summed E-state index contributed by atoms with van der Waals surface area (Å²) in [5.74, 6) is 1.37. The summed E-state index contributed by atoms with van der Waals surface area (Å²) >= 11 is 5.72. The molecule has 2 aromatic rings. The van der Waals surface area contributed by atoms with E-state index < -0.39 is 0 Å². The molecule has 2 heterocycles. The Kier molecular flexibility index (Phi) is 2.97. The molecule has 0 saturated heterocycles. The van der Waals surface area contributed by atoms with Gasteiger partial charge in [-0.15, -0.1) is 0 Å². The Labute approximate surface area is 114 Å². The number of rotatable bonds is 2. The first-order valence-corrected chi connectivity index (χ1v) is 5.93. The van der Waals surface area contributed by atoms with Crippen molar-refractivity contribution in [2.24, 2.45) is 0 Å². The van der Waals surface area contributed by atoms with Crippen molar-refractivity contribution in [2.45, 2.75) is 0 Å². The average molecular weight is 277 g/mol. The molecule has 1 amide bonds. The van der Waals surface area contributed by atoms with Gasteiger partial charge < -0.3 is 14.8 Å². The van der Waals surface area contributed by atoms with Crippen LogP contribution >= 0.6 is 11.6 Å². The van der Waals surface area contributed by atoms with Crippen LogP contribution in [0.3, 0.4) is 0 Å². The molecule has 5 nitrogen and oxygen atoms in total. The Hall–Kier alpha value is -2.27. The molecule has 0 aliphatic carbocycles. The molecule has 19 heavy (non-hydrogen) atoms. The quantitative estimate of drug-likeness (QED) is 0.916. The summed E-state index contributed by atoms with van der Waals surface area (Å²) in [5, 5.41) is 3.19. The van der Waals surface area contributed by atoms with Gasteiger partial charge in [0.05, 0.1) is 5.02 Å². The topological polar surface area (TPSA) is 60.5 Å². The van der Waals surface area contributed by atoms with E-state index >= 15 is 0 Å². The number of anilines is 1. The van der Waals surface area contributed by atoms with Crippen LogP contribution in [0.2, 0.25) is 5.02 Å². The molecule has 0 atom stereocenters. The zero-order valence-corrected chi connectivity index (χ0v) is 10.5. The van der Waals surface area contributed by atoms with Gasteiger partial charge in [0.1, 0.15) is 5.82 Å². The fourth-order valence-corrected chi connectivity index (χ4v) is 1.79. The number of hydrogen-bond acceptors (Lipinski definition) is 4. The highest BCUT2D eigenvalue weighted by atomic mass is 35.5. The van der Waals surface area contributed by atoms with E-state index in [1.807, 2.05) is 0 Å². The number of pyridine rings is 1. The van der Waals surface area contributed by atoms with Gasteiger partial charge in [0.2, 0.25) is 6.79 Å². The standard InChI is InChI=1S/C13H9ClN2O3/c14-9-2-4-12(15-6-9)16-13(17)8-1-3-10-11(5-8)19-7-18-10/h1-6H,7H2,(H,15,16,17). The second-order valence-corrected chi connectivity index (χ2v) is 4.32. The Morgan fingerprint density at radius 1 is 1.21 bits per heavy atom. The lowest BCUT2D eigenvalue weighted by molar-refractivity contribution is 0.102. The third kappa shape index (κ3) is 2.46. The molecule has 1 aromatic carbocycles. The molecule has 1 aliphatic rings. The number of amides is 1. The van der Waals surface area contributed by atoms with Gasteiger partial charge in [-0.2, -0.15) is 0 Å². The van der Waals surface area contributed by atoms with E-state index in [1.54, 1.807) is 30.3 Å². The molecule has 0 bridgehead atoms. The van der Waals surface area contributed by atoms with Crippen molar-refractivity contribution in [1.82, 2.24) is 4.98 Å². The van der Waals surface area contributed by atoms with Crippen molar-refractivity contribution in [1.29, 1.82) is 0 Å². The number of hydrogen-bond donors (Lipinski definition) is 1. The number of ether oxygens (including phenoxy) is 2. The van der Waals surface area contributed by atoms with Gasteiger partial charge in [0.15, 0.2) is 11.5 Å². The van der Waals surface area contributed by atoms with E-state index in [1.165, 1.54) is 6.20 Å². The van der Waals surface area contributed by atoms with Crippen LogP contribution in [0.25, 0.3) is 0 Å². The fourth-order valence-electron chi connectivity index (χ4n) is 1.68. The molecule has 1 N–H and O–H groups in total. The molecular weight excluding hydrogens is 268 g/mol. The van der Waals surface area contributed by atoms with E-state index in [0.29, 0.717) is 27.9 Å². The predicted molar refractivity (Wildman–Crippen MR) is 69.8 cm³/mol. The summed E-state index contributed by atoms with van der Waals surface area (Å²) < 4.78 is 10.4. The molecule has 0 saturated carbocycles. The Morgan fingerprint density at radius 3 is 2.84 bits per heavy atom. The van der Waals surface area contributed by atoms with E-state index in [9.17, 15) is 4.79 Å². The SMILES string of the molecule is O=C(Nc1ccc(Cl)cn1)c1ccc2c(c1)OCO2. The van der Waals surface area contributed by atoms with Crippen LogP contribution in [0, 0.1) is 0 Å². The minimum atomic E-state index is -0.270. The summed E-state index contributed by atoms with van der Waals surface area (Å²) in [6.07, 6.45) is 1.47. The van der Waals surface area contributed by atoms with E-state index in [0.717, 1.165) is 0 Å². The molecular formula is C13H9ClN2O3. The maximum absolute atomic E-state index is 12.0. The van der Waals surface area contributed by atoms with Crippen LogP contribution in [0.5, 0.6) is 11.5 Å². The van der Waals surface area contributed by atoms with Gasteiger partial charge in [-0.05, 0) is 30.3 Å². The molecule has 0 spiro atoms. The first-order valence-electron chi connectivity index (χ1n) is 5.55. The maximum atomic E-state index is 12.0. The number of fused-ring (bicyclic) bond motifs is 1. The van der Waals surface area contributed by atoms with Gasteiger partial charge in [-0.3, -0.25) is 4.79 Å². The zero-order chi connectivity index (χ0) is 13.2. The van der Waals surface area contributed by atoms with E-state index in [2.05, 4.69) is 10.3 Å². The van der Waals surface area contributed by atoms with Crippen molar-refractivity contribution < 1.29 is 14.3 Å². The van der Waals surface area contributed by atoms with Crippen LogP contribution in [0.1, 0.15) is 10.4 Å². The molecule has 1 aromatic heterocycles. The van der Waals surface area contributed by atoms with Crippen molar-refractivity contribution >= 4 is 23.3 Å². The number of nitrogens with one attached hydrogen (secondary N) is 1. The van der Waals surface area contributed by atoms with Crippen molar-refractivity contribution in [3.63, 3.8) is 0 Å². The first kappa shape index (κ1) is 11.8. The molecule has 0 unspecified atom stereocenters. The minimum absolute atomic E-state index is 0.180. The molecule has 0 fully saturated rings. The van der Waals surface area contributed by atoms with Gasteiger partial charge in [-0.1, -0.05) is 11.6 Å². The zero-order valence-electron chi connectivity index (χ0n) is 9.72. The summed E-state index contributed by atoms with van der Waals surface area (Å²) in [6, 6.07) is 8.29. The van der Waals surface area contributed by atoms with Gasteiger partial charge in [-0.25, -0.2) is 4.98 Å². The fraction of sp³-hybridized carbons (Fsp3) is 0.0769. The number of carbonyl (C=O) groups excluding carboxylic acids is 1. The monoisotopic (exact) mass is 276 g/mol. The predicted octanol–water partition coefficient (Wildman–Crippen LogP) is 2.72. The van der Waals surface area contributed by atoms with Gasteiger partial charge in [0, 0.05) is 11.8 Å². The Balaban J connectivity index is 1.78. The number of halogens is 1. The van der Waals surface area contributed by atoms with Gasteiger partial charge in [0.25, 0.3) is 5.91 Å². The smallest absolute Gasteiger partial charge is 0.256 e. The third-order valence-electron chi connectivity index (χ3n) is 2.60. The lowest BCUT2D eigenvalue weighted by Gasteiger charge is -2.05. The molecule has 6 heteroatoms. The Morgan fingerprint density at radius 2 is 2.05 bits per heavy atom. The van der Waals surface area contributed by atoms with E-state index in [-0.39, 0.29) is 12.7 Å². The third-order valence-corrected chi connectivity index (χ3v) is 2.83. The second-order valence-electron chi connectivity index (χ2n) is 3.88. The summed E-state index contributed by atoms with van der Waals surface area (Å²) in [5.41, 5.74) is 0.473. The number of aromatic nitrogens is 1. The molecule has 96 valence electrons. The highest BCUT2D eigenvalue weighted by Gasteiger charge is 2.16. The number of carbonyl (C=O) groups is 1. The highest BCUT2D eigenvalue weighted by Crippen LogP contribution is 2.32. The number of benzene rings is 1. The molecule has 0 radical (unpaired) electrons. The number of nitrogens with zero attached hydrogens (tertiary/aromatic N) is 1.